The highest BCUT2D eigenvalue weighted by atomic mass is 16.5. The number of carbonyl (C=O) groups is 1. The number of nitrogens with one attached hydrogen (secondary N) is 1. The maximum atomic E-state index is 11.2. The fourth-order valence-corrected chi connectivity index (χ4v) is 2.21. The Morgan fingerprint density at radius 2 is 1.95 bits per heavy atom. The van der Waals surface area contributed by atoms with E-state index in [0.717, 1.165) is 21.9 Å². The number of fused-ring (bicyclic) bond motifs is 3. The van der Waals surface area contributed by atoms with Gasteiger partial charge in [-0.3, -0.25) is 4.79 Å². The largest absolute Gasteiger partial charge is 0.495 e. The van der Waals surface area contributed by atoms with Crippen LogP contribution >= 0.6 is 0 Å². The second kappa shape index (κ2) is 4.31. The molecular weight excluding hydrogens is 242 g/mol. The monoisotopic (exact) mass is 255 g/mol. The van der Waals surface area contributed by atoms with Crippen LogP contribution in [0.3, 0.4) is 0 Å². The Balaban J connectivity index is 2.29. The van der Waals surface area contributed by atoms with Gasteiger partial charge in [0.25, 0.3) is 0 Å². The number of carbonyl (C=O) groups excluding carboxylic acids is 1. The van der Waals surface area contributed by atoms with Gasteiger partial charge in [-0.2, -0.15) is 0 Å². The van der Waals surface area contributed by atoms with Crippen molar-refractivity contribution in [1.29, 1.82) is 0 Å². The Hall–Kier alpha value is -2.49. The van der Waals surface area contributed by atoms with E-state index in [1.165, 1.54) is 6.92 Å². The van der Waals surface area contributed by atoms with Gasteiger partial charge >= 0.3 is 0 Å². The summed E-state index contributed by atoms with van der Waals surface area (Å²) in [6.45, 7) is 1.46. The first-order valence-electron chi connectivity index (χ1n) is 5.96. The zero-order chi connectivity index (χ0) is 13.4. The lowest BCUT2D eigenvalue weighted by Gasteiger charge is -2.08. The van der Waals surface area contributed by atoms with E-state index in [0.29, 0.717) is 11.4 Å². The molecule has 96 valence electrons. The molecule has 0 saturated heterocycles. The molecule has 4 heteroatoms. The molecule has 4 nitrogen and oxygen atoms in total. The summed E-state index contributed by atoms with van der Waals surface area (Å²) >= 11 is 0. The molecule has 0 aliphatic rings. The van der Waals surface area contributed by atoms with Crippen molar-refractivity contribution in [2.24, 2.45) is 0 Å². The summed E-state index contributed by atoms with van der Waals surface area (Å²) in [5, 5.41) is 4.74. The summed E-state index contributed by atoms with van der Waals surface area (Å²) in [5.74, 6) is 0.475. The van der Waals surface area contributed by atoms with Crippen molar-refractivity contribution in [3.63, 3.8) is 0 Å². The van der Waals surface area contributed by atoms with Crippen molar-refractivity contribution in [3.05, 3.63) is 36.4 Å². The molecule has 0 bridgehead atoms. The Kier molecular flexibility index (Phi) is 2.63. The van der Waals surface area contributed by atoms with Crippen LogP contribution in [0.15, 0.2) is 40.8 Å². The number of para-hydroxylation sites is 1. The first kappa shape index (κ1) is 11.6. The lowest BCUT2D eigenvalue weighted by Crippen LogP contribution is -2.06. The molecule has 0 spiro atoms. The van der Waals surface area contributed by atoms with Crippen molar-refractivity contribution in [3.8, 4) is 5.75 Å². The lowest BCUT2D eigenvalue weighted by atomic mass is 10.1. The van der Waals surface area contributed by atoms with E-state index in [1.807, 2.05) is 30.3 Å². The molecule has 1 amide bonds. The quantitative estimate of drug-likeness (QED) is 0.761. The molecule has 0 saturated carbocycles. The second-order valence-corrected chi connectivity index (χ2v) is 4.33. The summed E-state index contributed by atoms with van der Waals surface area (Å²) in [4.78, 5) is 11.2. The third kappa shape index (κ3) is 1.91. The second-order valence-electron chi connectivity index (χ2n) is 4.33. The minimum Gasteiger partial charge on any atom is -0.495 e. The summed E-state index contributed by atoms with van der Waals surface area (Å²) in [6.07, 6.45) is 0. The van der Waals surface area contributed by atoms with Crippen LogP contribution in [0.1, 0.15) is 6.92 Å². The topological polar surface area (TPSA) is 51.5 Å². The summed E-state index contributed by atoms with van der Waals surface area (Å²) < 4.78 is 11.1. The van der Waals surface area contributed by atoms with E-state index in [2.05, 4.69) is 5.32 Å². The predicted molar refractivity (Wildman–Crippen MR) is 74.6 cm³/mol. The van der Waals surface area contributed by atoms with Gasteiger partial charge in [0.05, 0.1) is 12.8 Å². The minimum atomic E-state index is -0.145. The Morgan fingerprint density at radius 1 is 1.16 bits per heavy atom. The van der Waals surface area contributed by atoms with Crippen LogP contribution in [-0.4, -0.2) is 13.0 Å². The molecule has 3 aromatic rings. The Labute approximate surface area is 110 Å². The molecule has 3 rings (SSSR count). The fraction of sp³-hybridized carbons (Fsp3) is 0.133. The van der Waals surface area contributed by atoms with Crippen molar-refractivity contribution < 1.29 is 13.9 Å². The van der Waals surface area contributed by atoms with Crippen LogP contribution in [0.2, 0.25) is 0 Å². The molecule has 1 N–H and O–H groups in total. The molecule has 0 aliphatic carbocycles. The van der Waals surface area contributed by atoms with Gasteiger partial charge in [-0.05, 0) is 12.1 Å². The van der Waals surface area contributed by atoms with Gasteiger partial charge in [0, 0.05) is 23.8 Å². The molecular formula is C15H13NO3. The standard InChI is InChI=1S/C15H13NO3/c1-9(17)16-12-8-14-11(7-15(12)18-2)10-5-3-4-6-13(10)19-14/h3-8H,1-2H3,(H,16,17). The summed E-state index contributed by atoms with van der Waals surface area (Å²) in [6, 6.07) is 11.5. The van der Waals surface area contributed by atoms with Gasteiger partial charge < -0.3 is 14.5 Å². The molecule has 2 aromatic carbocycles. The molecule has 0 radical (unpaired) electrons. The highest BCUT2D eigenvalue weighted by Gasteiger charge is 2.12. The van der Waals surface area contributed by atoms with Gasteiger partial charge in [-0.1, -0.05) is 18.2 Å². The van der Waals surface area contributed by atoms with E-state index >= 15 is 0 Å². The number of furan rings is 1. The molecule has 1 heterocycles. The van der Waals surface area contributed by atoms with Gasteiger partial charge in [0.15, 0.2) is 0 Å². The number of benzene rings is 2. The first-order chi connectivity index (χ1) is 9.19. The number of hydrogen-bond acceptors (Lipinski definition) is 3. The summed E-state index contributed by atoms with van der Waals surface area (Å²) in [7, 11) is 1.58. The number of anilines is 1. The van der Waals surface area contributed by atoms with Gasteiger partial charge in [-0.25, -0.2) is 0 Å². The fourth-order valence-electron chi connectivity index (χ4n) is 2.21. The Bertz CT molecular complexity index is 774. The smallest absolute Gasteiger partial charge is 0.221 e. The Morgan fingerprint density at radius 3 is 2.68 bits per heavy atom. The van der Waals surface area contributed by atoms with E-state index in [9.17, 15) is 4.79 Å². The van der Waals surface area contributed by atoms with E-state index < -0.39 is 0 Å². The lowest BCUT2D eigenvalue weighted by molar-refractivity contribution is -0.114. The zero-order valence-electron chi connectivity index (χ0n) is 10.7. The molecule has 1 aromatic heterocycles. The van der Waals surface area contributed by atoms with E-state index in [-0.39, 0.29) is 5.91 Å². The molecule has 19 heavy (non-hydrogen) atoms. The number of amides is 1. The van der Waals surface area contributed by atoms with Crippen LogP contribution in [0, 0.1) is 0 Å². The third-order valence-corrected chi connectivity index (χ3v) is 3.01. The van der Waals surface area contributed by atoms with Crippen LogP contribution in [0.5, 0.6) is 5.75 Å². The highest BCUT2D eigenvalue weighted by Crippen LogP contribution is 2.36. The molecule has 0 atom stereocenters. The average molecular weight is 255 g/mol. The van der Waals surface area contributed by atoms with Gasteiger partial charge in [0.1, 0.15) is 16.9 Å². The molecule has 0 fully saturated rings. The third-order valence-electron chi connectivity index (χ3n) is 3.01. The maximum absolute atomic E-state index is 11.2. The van der Waals surface area contributed by atoms with Crippen molar-refractivity contribution in [2.75, 3.05) is 12.4 Å². The number of ether oxygens (including phenoxy) is 1. The van der Waals surface area contributed by atoms with E-state index in [1.54, 1.807) is 13.2 Å². The average Bonchev–Trinajstić information content (AvgIpc) is 2.74. The minimum absolute atomic E-state index is 0.145. The van der Waals surface area contributed by atoms with Crippen molar-refractivity contribution in [2.45, 2.75) is 6.92 Å². The van der Waals surface area contributed by atoms with Gasteiger partial charge in [-0.15, -0.1) is 0 Å². The molecule has 0 aliphatic heterocycles. The van der Waals surface area contributed by atoms with Crippen LogP contribution in [-0.2, 0) is 4.79 Å². The normalized spacial score (nSPS) is 10.8. The highest BCUT2D eigenvalue weighted by molar-refractivity contribution is 6.07. The maximum Gasteiger partial charge on any atom is 0.221 e. The van der Waals surface area contributed by atoms with Crippen LogP contribution < -0.4 is 10.1 Å². The SMILES string of the molecule is COc1cc2c(cc1NC(C)=O)oc1ccccc12. The molecule has 0 unspecified atom stereocenters. The number of hydrogen-bond donors (Lipinski definition) is 1. The van der Waals surface area contributed by atoms with Crippen molar-refractivity contribution >= 4 is 33.5 Å². The van der Waals surface area contributed by atoms with Crippen LogP contribution in [0.25, 0.3) is 21.9 Å². The number of rotatable bonds is 2. The predicted octanol–water partition coefficient (Wildman–Crippen LogP) is 3.55. The van der Waals surface area contributed by atoms with Crippen LogP contribution in [0.4, 0.5) is 5.69 Å². The first-order valence-corrected chi connectivity index (χ1v) is 5.96. The zero-order valence-corrected chi connectivity index (χ0v) is 10.7. The van der Waals surface area contributed by atoms with Gasteiger partial charge in [0.2, 0.25) is 5.91 Å². The summed E-state index contributed by atoms with van der Waals surface area (Å²) in [5.41, 5.74) is 2.16. The number of methoxy groups -OCH3 is 1. The van der Waals surface area contributed by atoms with Crippen molar-refractivity contribution in [1.82, 2.24) is 0 Å². The van der Waals surface area contributed by atoms with E-state index in [4.69, 9.17) is 9.15 Å².